The summed E-state index contributed by atoms with van der Waals surface area (Å²) in [7, 11) is 0. The van der Waals surface area contributed by atoms with Gasteiger partial charge in [0.05, 0.1) is 17.2 Å². The Bertz CT molecular complexity index is 902. The second kappa shape index (κ2) is 8.33. The van der Waals surface area contributed by atoms with Gasteiger partial charge < -0.3 is 4.74 Å². The first kappa shape index (κ1) is 18.4. The summed E-state index contributed by atoms with van der Waals surface area (Å²) in [6.45, 7) is 1.92. The molecular weight excluding hydrogens is 373 g/mol. The quantitative estimate of drug-likeness (QED) is 0.319. The number of thiophene rings is 1. The molecular formula is C19H16FNO3S2. The molecule has 7 heteroatoms. The first-order valence-corrected chi connectivity index (χ1v) is 9.71. The summed E-state index contributed by atoms with van der Waals surface area (Å²) < 4.78 is 18.3. The van der Waals surface area contributed by atoms with Crippen LogP contribution in [-0.4, -0.2) is 23.3 Å². The summed E-state index contributed by atoms with van der Waals surface area (Å²) in [6.07, 6.45) is 0.821. The molecule has 0 saturated heterocycles. The van der Waals surface area contributed by atoms with Gasteiger partial charge in [0.1, 0.15) is 15.7 Å². The van der Waals surface area contributed by atoms with Crippen LogP contribution in [0.4, 0.5) is 4.39 Å². The van der Waals surface area contributed by atoms with E-state index in [-0.39, 0.29) is 18.2 Å². The second-order valence-corrected chi connectivity index (χ2v) is 7.53. The zero-order valence-corrected chi connectivity index (χ0v) is 15.7. The van der Waals surface area contributed by atoms with Crippen molar-refractivity contribution >= 4 is 34.4 Å². The van der Waals surface area contributed by atoms with Crippen molar-refractivity contribution in [1.29, 1.82) is 0 Å². The Morgan fingerprint density at radius 1 is 1.19 bits per heavy atom. The Kier molecular flexibility index (Phi) is 5.90. The standard InChI is InChI=1S/C19H16FNO3S2/c1-12-17(26-18(21-12)13-6-8-14(20)9-7-13)19(23)24-10-2-4-15(22)16-5-3-11-25-16/h3,5-9,11H,2,4,10H2,1H3. The van der Waals surface area contributed by atoms with Crippen LogP contribution in [-0.2, 0) is 4.74 Å². The van der Waals surface area contributed by atoms with Crippen LogP contribution in [0.2, 0.25) is 0 Å². The third-order valence-electron chi connectivity index (χ3n) is 3.65. The van der Waals surface area contributed by atoms with Gasteiger partial charge in [0.2, 0.25) is 0 Å². The van der Waals surface area contributed by atoms with Gasteiger partial charge in [0, 0.05) is 12.0 Å². The van der Waals surface area contributed by atoms with Crippen LogP contribution in [0.3, 0.4) is 0 Å². The number of rotatable bonds is 7. The molecule has 0 radical (unpaired) electrons. The monoisotopic (exact) mass is 389 g/mol. The number of ketones is 1. The Hall–Kier alpha value is -2.38. The Morgan fingerprint density at radius 2 is 1.96 bits per heavy atom. The number of esters is 1. The van der Waals surface area contributed by atoms with Crippen LogP contribution in [0, 0.1) is 12.7 Å². The average Bonchev–Trinajstić information content (AvgIpc) is 3.29. The maximum Gasteiger partial charge on any atom is 0.350 e. The number of ether oxygens (including phenoxy) is 1. The van der Waals surface area contributed by atoms with Crippen molar-refractivity contribution in [2.24, 2.45) is 0 Å². The van der Waals surface area contributed by atoms with Crippen molar-refractivity contribution in [1.82, 2.24) is 4.98 Å². The Balaban J connectivity index is 1.55. The van der Waals surface area contributed by atoms with E-state index in [1.165, 1.54) is 34.8 Å². The van der Waals surface area contributed by atoms with Gasteiger partial charge in [-0.1, -0.05) is 6.07 Å². The number of benzene rings is 1. The number of carbonyl (C=O) groups excluding carboxylic acids is 2. The molecule has 0 N–H and O–H groups in total. The molecule has 134 valence electrons. The first-order valence-electron chi connectivity index (χ1n) is 8.02. The van der Waals surface area contributed by atoms with Crippen molar-refractivity contribution in [2.75, 3.05) is 6.61 Å². The number of carbonyl (C=O) groups is 2. The maximum absolute atomic E-state index is 13.0. The minimum Gasteiger partial charge on any atom is -0.461 e. The Labute approximate surface area is 158 Å². The molecule has 0 amide bonds. The van der Waals surface area contributed by atoms with Crippen molar-refractivity contribution < 1.29 is 18.7 Å². The van der Waals surface area contributed by atoms with E-state index >= 15 is 0 Å². The summed E-state index contributed by atoms with van der Waals surface area (Å²) >= 11 is 2.62. The topological polar surface area (TPSA) is 56.3 Å². The highest BCUT2D eigenvalue weighted by molar-refractivity contribution is 7.17. The molecule has 2 aromatic heterocycles. The summed E-state index contributed by atoms with van der Waals surface area (Å²) in [5.41, 5.74) is 1.33. The molecule has 0 bridgehead atoms. The number of nitrogens with zero attached hydrogens (tertiary/aromatic N) is 1. The molecule has 3 rings (SSSR count). The van der Waals surface area contributed by atoms with Crippen LogP contribution in [0.15, 0.2) is 41.8 Å². The molecule has 0 aliphatic carbocycles. The zero-order valence-electron chi connectivity index (χ0n) is 14.0. The van der Waals surface area contributed by atoms with E-state index in [1.54, 1.807) is 25.1 Å². The van der Waals surface area contributed by atoms with Crippen LogP contribution in [0.1, 0.15) is 37.9 Å². The molecule has 0 fully saturated rings. The molecule has 26 heavy (non-hydrogen) atoms. The highest BCUT2D eigenvalue weighted by Crippen LogP contribution is 2.28. The molecule has 4 nitrogen and oxygen atoms in total. The van der Waals surface area contributed by atoms with Gasteiger partial charge in [0.15, 0.2) is 5.78 Å². The van der Waals surface area contributed by atoms with E-state index < -0.39 is 5.97 Å². The van der Waals surface area contributed by atoms with Crippen LogP contribution in [0.5, 0.6) is 0 Å². The summed E-state index contributed by atoms with van der Waals surface area (Å²) in [5.74, 6) is -0.709. The summed E-state index contributed by atoms with van der Waals surface area (Å²) in [6, 6.07) is 9.58. The highest BCUT2D eigenvalue weighted by atomic mass is 32.1. The number of thiazole rings is 1. The van der Waals surface area contributed by atoms with Crippen molar-refractivity contribution in [2.45, 2.75) is 19.8 Å². The molecule has 3 aromatic rings. The molecule has 1 aromatic carbocycles. The smallest absolute Gasteiger partial charge is 0.350 e. The third kappa shape index (κ3) is 4.42. The van der Waals surface area contributed by atoms with E-state index in [0.29, 0.717) is 28.4 Å². The normalized spacial score (nSPS) is 10.7. The summed E-state index contributed by atoms with van der Waals surface area (Å²) in [4.78, 5) is 29.6. The molecule has 2 heterocycles. The summed E-state index contributed by atoms with van der Waals surface area (Å²) in [5, 5.41) is 2.50. The fraction of sp³-hybridized carbons (Fsp3) is 0.211. The SMILES string of the molecule is Cc1nc(-c2ccc(F)cc2)sc1C(=O)OCCCC(=O)c1cccs1. The number of aromatic nitrogens is 1. The van der Waals surface area contributed by atoms with Gasteiger partial charge in [0.25, 0.3) is 0 Å². The lowest BCUT2D eigenvalue weighted by Crippen LogP contribution is -2.07. The van der Waals surface area contributed by atoms with Gasteiger partial charge in [-0.25, -0.2) is 14.2 Å². The van der Waals surface area contributed by atoms with Gasteiger partial charge in [-0.05, 0) is 49.1 Å². The van der Waals surface area contributed by atoms with Crippen molar-refractivity contribution in [3.05, 3.63) is 63.0 Å². The first-order chi connectivity index (χ1) is 12.5. The molecule has 0 unspecified atom stereocenters. The van der Waals surface area contributed by atoms with Crippen LogP contribution in [0.25, 0.3) is 10.6 Å². The van der Waals surface area contributed by atoms with Gasteiger partial charge in [-0.15, -0.1) is 22.7 Å². The number of aryl methyl sites for hydroxylation is 1. The fourth-order valence-corrected chi connectivity index (χ4v) is 3.99. The Morgan fingerprint density at radius 3 is 2.65 bits per heavy atom. The number of Topliss-reactive ketones (excluding diaryl/α,β-unsaturated/α-hetero) is 1. The number of halogens is 1. The maximum atomic E-state index is 13.0. The lowest BCUT2D eigenvalue weighted by molar-refractivity contribution is 0.0499. The van der Waals surface area contributed by atoms with E-state index in [1.807, 2.05) is 11.4 Å². The van der Waals surface area contributed by atoms with E-state index in [9.17, 15) is 14.0 Å². The zero-order chi connectivity index (χ0) is 18.5. The molecule has 0 aliphatic heterocycles. The van der Waals surface area contributed by atoms with Gasteiger partial charge >= 0.3 is 5.97 Å². The second-order valence-electron chi connectivity index (χ2n) is 5.58. The average molecular weight is 389 g/mol. The van der Waals surface area contributed by atoms with Crippen molar-refractivity contribution in [3.8, 4) is 10.6 Å². The largest absolute Gasteiger partial charge is 0.461 e. The van der Waals surface area contributed by atoms with Crippen LogP contribution < -0.4 is 0 Å². The predicted octanol–water partition coefficient (Wildman–Crippen LogP) is 5.14. The molecule has 0 saturated carbocycles. The third-order valence-corrected chi connectivity index (χ3v) is 5.75. The van der Waals surface area contributed by atoms with Gasteiger partial charge in [-0.2, -0.15) is 0 Å². The number of hydrogen-bond acceptors (Lipinski definition) is 6. The fourth-order valence-electron chi connectivity index (χ4n) is 2.33. The van der Waals surface area contributed by atoms with Gasteiger partial charge in [-0.3, -0.25) is 4.79 Å². The van der Waals surface area contributed by atoms with E-state index in [0.717, 1.165) is 10.4 Å². The molecule has 0 atom stereocenters. The minimum atomic E-state index is -0.447. The van der Waals surface area contributed by atoms with Crippen LogP contribution >= 0.6 is 22.7 Å². The highest BCUT2D eigenvalue weighted by Gasteiger charge is 2.18. The van der Waals surface area contributed by atoms with E-state index in [2.05, 4.69) is 4.98 Å². The lowest BCUT2D eigenvalue weighted by atomic mass is 10.2. The number of hydrogen-bond donors (Lipinski definition) is 0. The molecule has 0 spiro atoms. The molecule has 0 aliphatic rings. The van der Waals surface area contributed by atoms with E-state index in [4.69, 9.17) is 4.74 Å². The van der Waals surface area contributed by atoms with Crippen molar-refractivity contribution in [3.63, 3.8) is 0 Å². The predicted molar refractivity (Wildman–Crippen MR) is 100 cm³/mol. The lowest BCUT2D eigenvalue weighted by Gasteiger charge is -2.03. The minimum absolute atomic E-state index is 0.0589.